The molecule has 29 heavy (non-hydrogen) atoms. The first-order valence-electron chi connectivity index (χ1n) is 13.2. The van der Waals surface area contributed by atoms with Crippen molar-refractivity contribution in [3.8, 4) is 0 Å². The molecule has 4 fully saturated rings. The highest BCUT2D eigenvalue weighted by Gasteiger charge is 2.60. The zero-order chi connectivity index (χ0) is 21.0. The number of rotatable bonds is 5. The predicted molar refractivity (Wildman–Crippen MR) is 123 cm³/mol. The summed E-state index contributed by atoms with van der Waals surface area (Å²) in [6.07, 6.45) is 14.4. The van der Waals surface area contributed by atoms with Crippen LogP contribution in [-0.4, -0.2) is 5.78 Å². The minimum atomic E-state index is 0.467. The van der Waals surface area contributed by atoms with E-state index >= 15 is 0 Å². The smallest absolute Gasteiger partial charge is 0.133 e. The lowest BCUT2D eigenvalue weighted by Crippen LogP contribution is -2.53. The number of carbonyl (C=O) groups is 1. The van der Waals surface area contributed by atoms with E-state index in [2.05, 4.69) is 41.5 Å². The van der Waals surface area contributed by atoms with Gasteiger partial charge in [-0.3, -0.25) is 4.79 Å². The molecule has 0 aliphatic heterocycles. The molecule has 0 radical (unpaired) electrons. The molecule has 0 aromatic heterocycles. The summed E-state index contributed by atoms with van der Waals surface area (Å²) in [7, 11) is 0. The Morgan fingerprint density at radius 3 is 2.31 bits per heavy atom. The van der Waals surface area contributed by atoms with Crippen molar-refractivity contribution < 1.29 is 4.79 Å². The molecule has 0 aromatic rings. The molecule has 0 spiro atoms. The van der Waals surface area contributed by atoms with E-state index in [-0.39, 0.29) is 0 Å². The maximum atomic E-state index is 12.1. The van der Waals surface area contributed by atoms with Crippen LogP contribution in [0.2, 0.25) is 0 Å². The van der Waals surface area contributed by atoms with Crippen molar-refractivity contribution >= 4 is 5.78 Å². The maximum absolute atomic E-state index is 12.1. The average Bonchev–Trinajstić information content (AvgIpc) is 3.03. The van der Waals surface area contributed by atoms with E-state index in [9.17, 15) is 4.79 Å². The Balaban J connectivity index is 1.46. The van der Waals surface area contributed by atoms with Crippen molar-refractivity contribution in [1.29, 1.82) is 0 Å². The van der Waals surface area contributed by atoms with Gasteiger partial charge in [0.15, 0.2) is 0 Å². The fourth-order valence-corrected chi connectivity index (χ4v) is 9.08. The van der Waals surface area contributed by atoms with Crippen LogP contribution < -0.4 is 0 Å². The second-order valence-electron chi connectivity index (χ2n) is 12.9. The monoisotopic (exact) mass is 400 g/mol. The predicted octanol–water partition coefficient (Wildman–Crippen LogP) is 7.92. The van der Waals surface area contributed by atoms with Crippen molar-refractivity contribution in [3.05, 3.63) is 0 Å². The van der Waals surface area contributed by atoms with Crippen LogP contribution in [0.1, 0.15) is 112 Å². The second-order valence-corrected chi connectivity index (χ2v) is 12.9. The van der Waals surface area contributed by atoms with Crippen LogP contribution >= 0.6 is 0 Å². The first-order chi connectivity index (χ1) is 13.7. The standard InChI is InChI=1S/C28H48O/c1-18(2)19(3)7-8-20(4)24-11-12-25-23-10-9-21-17-22(29)13-15-27(21,5)26(23)14-16-28(24,25)6/h18-21,23-26H,7-17H2,1-6H3/t19-,20+,21?,23?,24?,25?,26?,27+,28?/m0/s1. The molecule has 4 rings (SSSR count). The van der Waals surface area contributed by atoms with Crippen LogP contribution in [0.15, 0.2) is 0 Å². The van der Waals surface area contributed by atoms with E-state index in [1.807, 2.05) is 0 Å². The van der Waals surface area contributed by atoms with Crippen molar-refractivity contribution in [2.24, 2.45) is 58.2 Å². The second kappa shape index (κ2) is 7.98. The molecule has 0 saturated heterocycles. The molecule has 4 aliphatic rings. The average molecular weight is 401 g/mol. The van der Waals surface area contributed by atoms with E-state index in [0.29, 0.717) is 22.5 Å². The molecule has 4 saturated carbocycles. The Bertz CT molecular complexity index is 607. The van der Waals surface area contributed by atoms with Crippen molar-refractivity contribution in [2.75, 3.05) is 0 Å². The molecule has 0 N–H and O–H groups in total. The number of hydrogen-bond acceptors (Lipinski definition) is 1. The van der Waals surface area contributed by atoms with Gasteiger partial charge in [0.1, 0.15) is 5.78 Å². The summed E-state index contributed by atoms with van der Waals surface area (Å²) in [4.78, 5) is 12.1. The molecule has 0 amide bonds. The summed E-state index contributed by atoms with van der Waals surface area (Å²) in [6.45, 7) is 15.1. The zero-order valence-corrected chi connectivity index (χ0v) is 20.3. The summed E-state index contributed by atoms with van der Waals surface area (Å²) in [5.41, 5.74) is 1.06. The third-order valence-corrected chi connectivity index (χ3v) is 11.5. The molecule has 1 heteroatoms. The summed E-state index contributed by atoms with van der Waals surface area (Å²) < 4.78 is 0. The van der Waals surface area contributed by atoms with E-state index in [1.165, 1.54) is 57.8 Å². The van der Waals surface area contributed by atoms with Gasteiger partial charge in [-0.2, -0.15) is 0 Å². The van der Waals surface area contributed by atoms with Crippen molar-refractivity contribution in [1.82, 2.24) is 0 Å². The molecule has 0 heterocycles. The van der Waals surface area contributed by atoms with Gasteiger partial charge in [-0.25, -0.2) is 0 Å². The van der Waals surface area contributed by atoms with E-state index < -0.39 is 0 Å². The lowest BCUT2D eigenvalue weighted by Gasteiger charge is -2.60. The molecule has 0 aromatic carbocycles. The molecule has 166 valence electrons. The fraction of sp³-hybridized carbons (Fsp3) is 0.964. The zero-order valence-electron chi connectivity index (χ0n) is 20.3. The number of carbonyl (C=O) groups excluding carboxylic acids is 1. The Kier molecular flexibility index (Phi) is 6.02. The van der Waals surface area contributed by atoms with Gasteiger partial charge < -0.3 is 0 Å². The van der Waals surface area contributed by atoms with E-state index in [0.717, 1.165) is 54.3 Å². The number of hydrogen-bond donors (Lipinski definition) is 0. The van der Waals surface area contributed by atoms with Gasteiger partial charge in [0.2, 0.25) is 0 Å². The van der Waals surface area contributed by atoms with Gasteiger partial charge in [0, 0.05) is 12.8 Å². The van der Waals surface area contributed by atoms with Gasteiger partial charge in [0.25, 0.3) is 0 Å². The van der Waals surface area contributed by atoms with E-state index in [1.54, 1.807) is 0 Å². The van der Waals surface area contributed by atoms with Crippen molar-refractivity contribution in [3.63, 3.8) is 0 Å². The highest BCUT2D eigenvalue weighted by atomic mass is 16.1. The van der Waals surface area contributed by atoms with Gasteiger partial charge in [0.05, 0.1) is 0 Å². The summed E-state index contributed by atoms with van der Waals surface area (Å²) in [5, 5.41) is 0. The minimum absolute atomic E-state index is 0.467. The molecule has 4 aliphatic carbocycles. The normalized spacial score (nSPS) is 46.7. The number of fused-ring (bicyclic) bond motifs is 5. The highest BCUT2D eigenvalue weighted by Crippen LogP contribution is 2.68. The third kappa shape index (κ3) is 3.65. The Morgan fingerprint density at radius 2 is 1.59 bits per heavy atom. The molecule has 6 unspecified atom stereocenters. The summed E-state index contributed by atoms with van der Waals surface area (Å²) in [5.74, 6) is 7.60. The van der Waals surface area contributed by atoms with Gasteiger partial charge in [-0.05, 0) is 103 Å². The van der Waals surface area contributed by atoms with E-state index in [4.69, 9.17) is 0 Å². The Hall–Kier alpha value is -0.330. The van der Waals surface area contributed by atoms with Crippen LogP contribution in [0.4, 0.5) is 0 Å². The van der Waals surface area contributed by atoms with Crippen molar-refractivity contribution in [2.45, 2.75) is 112 Å². The molecule has 9 atom stereocenters. The summed E-state index contributed by atoms with van der Waals surface area (Å²) >= 11 is 0. The Labute approximate surface area is 181 Å². The maximum Gasteiger partial charge on any atom is 0.133 e. The van der Waals surface area contributed by atoms with Crippen LogP contribution in [0.5, 0.6) is 0 Å². The Morgan fingerprint density at radius 1 is 0.862 bits per heavy atom. The summed E-state index contributed by atoms with van der Waals surface area (Å²) in [6, 6.07) is 0. The SMILES string of the molecule is CC(C)[C@@H](C)CC[C@@H](C)C1CCC2C3CCC4CC(=O)CC[C@@]4(C)C3CCC21C. The number of ketones is 1. The first kappa shape index (κ1) is 21.9. The number of Topliss-reactive ketones (excluding diaryl/α,β-unsaturated/α-hetero) is 1. The third-order valence-electron chi connectivity index (χ3n) is 11.5. The van der Waals surface area contributed by atoms with Crippen LogP contribution in [-0.2, 0) is 4.79 Å². The lowest BCUT2D eigenvalue weighted by atomic mass is 9.44. The quantitative estimate of drug-likeness (QED) is 0.458. The van der Waals surface area contributed by atoms with Crippen LogP contribution in [0.3, 0.4) is 0 Å². The van der Waals surface area contributed by atoms with Crippen LogP contribution in [0, 0.1) is 58.2 Å². The topological polar surface area (TPSA) is 17.1 Å². The van der Waals surface area contributed by atoms with Gasteiger partial charge in [-0.1, -0.05) is 54.4 Å². The van der Waals surface area contributed by atoms with Gasteiger partial charge in [-0.15, -0.1) is 0 Å². The van der Waals surface area contributed by atoms with Crippen LogP contribution in [0.25, 0.3) is 0 Å². The molecular formula is C28H48O. The van der Waals surface area contributed by atoms with Gasteiger partial charge >= 0.3 is 0 Å². The fourth-order valence-electron chi connectivity index (χ4n) is 9.08. The largest absolute Gasteiger partial charge is 0.300 e. The molecule has 1 nitrogen and oxygen atoms in total. The molecule has 0 bridgehead atoms. The lowest BCUT2D eigenvalue weighted by molar-refractivity contribution is -0.140. The molecular weight excluding hydrogens is 352 g/mol. The first-order valence-corrected chi connectivity index (χ1v) is 13.2. The minimum Gasteiger partial charge on any atom is -0.300 e. The highest BCUT2D eigenvalue weighted by molar-refractivity contribution is 5.79.